The normalized spacial score (nSPS) is 12.1. The summed E-state index contributed by atoms with van der Waals surface area (Å²) in [6.07, 6.45) is 1.60. The lowest BCUT2D eigenvalue weighted by atomic mass is 10.2. The van der Waals surface area contributed by atoms with E-state index in [0.29, 0.717) is 35.4 Å². The fourth-order valence-corrected chi connectivity index (χ4v) is 3.02. The predicted molar refractivity (Wildman–Crippen MR) is 112 cm³/mol. The highest BCUT2D eigenvalue weighted by Gasteiger charge is 2.13. The zero-order chi connectivity index (χ0) is 20.2. The number of para-hydroxylation sites is 2. The van der Waals surface area contributed by atoms with Gasteiger partial charge in [0.1, 0.15) is 34.7 Å². The van der Waals surface area contributed by atoms with Gasteiger partial charge in [0, 0.05) is 24.9 Å². The van der Waals surface area contributed by atoms with Crippen molar-refractivity contribution in [2.24, 2.45) is 0 Å². The quantitative estimate of drug-likeness (QED) is 0.454. The highest BCUT2D eigenvalue weighted by atomic mass is 16.5. The lowest BCUT2D eigenvalue weighted by molar-refractivity contribution is 0.0920. The highest BCUT2D eigenvalue weighted by Crippen LogP contribution is 2.34. The number of ether oxygens (including phenoxy) is 3. The first-order valence-electron chi connectivity index (χ1n) is 9.26. The van der Waals surface area contributed by atoms with E-state index in [0.717, 1.165) is 16.7 Å². The van der Waals surface area contributed by atoms with Crippen LogP contribution < -0.4 is 15.2 Å². The Morgan fingerprint density at radius 3 is 2.69 bits per heavy atom. The van der Waals surface area contributed by atoms with Gasteiger partial charge in [-0.05, 0) is 43.3 Å². The molecule has 0 fully saturated rings. The summed E-state index contributed by atoms with van der Waals surface area (Å²) >= 11 is 0. The second-order valence-electron chi connectivity index (χ2n) is 6.67. The van der Waals surface area contributed by atoms with Crippen LogP contribution >= 0.6 is 0 Å². The molecule has 29 heavy (non-hydrogen) atoms. The van der Waals surface area contributed by atoms with E-state index in [-0.39, 0.29) is 6.10 Å². The maximum Gasteiger partial charge on any atom is 0.157 e. The van der Waals surface area contributed by atoms with Crippen LogP contribution in [0.25, 0.3) is 22.6 Å². The van der Waals surface area contributed by atoms with Crippen molar-refractivity contribution in [3.63, 3.8) is 0 Å². The van der Waals surface area contributed by atoms with Gasteiger partial charge >= 0.3 is 0 Å². The number of nitrogens with one attached hydrogen (secondary N) is 1. The molecule has 7 heteroatoms. The molecule has 0 saturated heterocycles. The first-order valence-corrected chi connectivity index (χ1v) is 9.26. The van der Waals surface area contributed by atoms with Gasteiger partial charge in [0.2, 0.25) is 0 Å². The summed E-state index contributed by atoms with van der Waals surface area (Å²) in [6.45, 7) is 2.41. The van der Waals surface area contributed by atoms with Crippen LogP contribution in [0.15, 0.2) is 60.8 Å². The number of pyridine rings is 1. The van der Waals surface area contributed by atoms with Crippen molar-refractivity contribution in [3.8, 4) is 28.6 Å². The van der Waals surface area contributed by atoms with Crippen LogP contribution in [0.4, 0.5) is 5.69 Å². The Bertz CT molecular complexity index is 1090. The molecule has 0 aliphatic heterocycles. The number of methoxy groups -OCH3 is 1. The minimum Gasteiger partial charge on any atom is -0.488 e. The van der Waals surface area contributed by atoms with Crippen molar-refractivity contribution in [2.45, 2.75) is 13.0 Å². The largest absolute Gasteiger partial charge is 0.488 e. The Morgan fingerprint density at radius 1 is 1.07 bits per heavy atom. The van der Waals surface area contributed by atoms with Gasteiger partial charge in [-0.25, -0.2) is 9.97 Å². The Labute approximate surface area is 168 Å². The molecule has 148 valence electrons. The fraction of sp³-hybridized carbons (Fsp3) is 0.182. The molecule has 2 heterocycles. The van der Waals surface area contributed by atoms with Crippen LogP contribution in [0, 0.1) is 0 Å². The van der Waals surface area contributed by atoms with Crippen molar-refractivity contribution >= 4 is 16.9 Å². The van der Waals surface area contributed by atoms with E-state index in [4.69, 9.17) is 19.9 Å². The van der Waals surface area contributed by atoms with Crippen molar-refractivity contribution in [3.05, 3.63) is 60.8 Å². The number of H-pyrrole nitrogens is 1. The summed E-state index contributed by atoms with van der Waals surface area (Å²) in [4.78, 5) is 12.2. The van der Waals surface area contributed by atoms with Crippen LogP contribution in [0.1, 0.15) is 6.92 Å². The summed E-state index contributed by atoms with van der Waals surface area (Å²) in [5.74, 6) is 2.49. The summed E-state index contributed by atoms with van der Waals surface area (Å²) in [5.41, 5.74) is 8.91. The van der Waals surface area contributed by atoms with Gasteiger partial charge in [-0.2, -0.15) is 0 Å². The highest BCUT2D eigenvalue weighted by molar-refractivity contribution is 5.76. The monoisotopic (exact) mass is 390 g/mol. The van der Waals surface area contributed by atoms with Gasteiger partial charge in [-0.15, -0.1) is 0 Å². The number of fused-ring (bicyclic) bond motifs is 1. The number of nitrogens with zero attached hydrogens (tertiary/aromatic N) is 2. The van der Waals surface area contributed by atoms with Crippen LogP contribution in [0.3, 0.4) is 0 Å². The van der Waals surface area contributed by atoms with E-state index in [1.165, 1.54) is 0 Å². The number of hydrogen-bond donors (Lipinski definition) is 2. The molecular formula is C22H22N4O3. The lowest BCUT2D eigenvalue weighted by Gasteiger charge is -2.16. The Kier molecular flexibility index (Phi) is 5.31. The third-order valence-electron chi connectivity index (χ3n) is 4.29. The maximum absolute atomic E-state index is 6.03. The molecule has 2 aromatic carbocycles. The molecular weight excluding hydrogens is 368 g/mol. The van der Waals surface area contributed by atoms with Crippen LogP contribution in [-0.2, 0) is 4.74 Å². The number of benzene rings is 2. The third kappa shape index (κ3) is 4.30. The van der Waals surface area contributed by atoms with Gasteiger partial charge < -0.3 is 24.9 Å². The standard InChI is InChI=1S/C22H22N4O3/c1-14(13-27-2)28-16-10-15(21-25-19-7-5-9-24-22(19)26-21)11-17(12-16)29-20-8-4-3-6-18(20)23/h3-12,14H,13,23H2,1-2H3,(H,24,25,26). The van der Waals surface area contributed by atoms with Crippen molar-refractivity contribution in [1.29, 1.82) is 0 Å². The number of anilines is 1. The molecule has 1 atom stereocenters. The lowest BCUT2D eigenvalue weighted by Crippen LogP contribution is -2.17. The summed E-state index contributed by atoms with van der Waals surface area (Å²) in [6, 6.07) is 16.7. The van der Waals surface area contributed by atoms with Gasteiger partial charge in [0.15, 0.2) is 5.65 Å². The van der Waals surface area contributed by atoms with Gasteiger partial charge in [0.05, 0.1) is 12.3 Å². The second kappa shape index (κ2) is 8.20. The smallest absolute Gasteiger partial charge is 0.157 e. The van der Waals surface area contributed by atoms with Crippen LogP contribution in [0.2, 0.25) is 0 Å². The first-order chi connectivity index (χ1) is 14.1. The summed E-state index contributed by atoms with van der Waals surface area (Å²) in [7, 11) is 1.64. The molecule has 0 amide bonds. The third-order valence-corrected chi connectivity index (χ3v) is 4.29. The Morgan fingerprint density at radius 2 is 1.90 bits per heavy atom. The molecule has 4 rings (SSSR count). The topological polar surface area (TPSA) is 95.3 Å². The zero-order valence-electron chi connectivity index (χ0n) is 16.3. The SMILES string of the molecule is COCC(C)Oc1cc(Oc2ccccc2N)cc(-c2nc3cccnc3[nH]2)c1. The number of aromatic amines is 1. The number of hydrogen-bond acceptors (Lipinski definition) is 6. The molecule has 0 radical (unpaired) electrons. The van der Waals surface area contributed by atoms with E-state index in [9.17, 15) is 0 Å². The zero-order valence-corrected chi connectivity index (χ0v) is 16.3. The molecule has 7 nitrogen and oxygen atoms in total. The molecule has 0 aliphatic rings. The van der Waals surface area contributed by atoms with E-state index in [1.54, 1.807) is 19.4 Å². The molecule has 4 aromatic rings. The first kappa shape index (κ1) is 18.8. The summed E-state index contributed by atoms with van der Waals surface area (Å²) < 4.78 is 17.2. The summed E-state index contributed by atoms with van der Waals surface area (Å²) in [5, 5.41) is 0. The molecule has 0 bridgehead atoms. The number of nitrogens with two attached hydrogens (primary N) is 1. The Hall–Kier alpha value is -3.58. The van der Waals surface area contributed by atoms with E-state index in [1.807, 2.05) is 55.5 Å². The van der Waals surface area contributed by atoms with Crippen molar-refractivity contribution < 1.29 is 14.2 Å². The molecule has 0 saturated carbocycles. The van der Waals surface area contributed by atoms with Crippen molar-refractivity contribution in [1.82, 2.24) is 15.0 Å². The predicted octanol–water partition coefficient (Wildman–Crippen LogP) is 4.41. The fourth-order valence-electron chi connectivity index (χ4n) is 3.02. The molecule has 3 N–H and O–H groups in total. The van der Waals surface area contributed by atoms with E-state index in [2.05, 4.69) is 15.0 Å². The Balaban J connectivity index is 1.73. The van der Waals surface area contributed by atoms with Crippen LogP contribution in [-0.4, -0.2) is 34.8 Å². The molecule has 0 spiro atoms. The van der Waals surface area contributed by atoms with Gasteiger partial charge in [0.25, 0.3) is 0 Å². The average molecular weight is 390 g/mol. The maximum atomic E-state index is 6.03. The number of aromatic nitrogens is 3. The van der Waals surface area contributed by atoms with Gasteiger partial charge in [-0.1, -0.05) is 12.1 Å². The van der Waals surface area contributed by atoms with Crippen molar-refractivity contribution in [2.75, 3.05) is 19.5 Å². The minimum absolute atomic E-state index is 0.123. The van der Waals surface area contributed by atoms with Crippen LogP contribution in [0.5, 0.6) is 17.2 Å². The molecule has 2 aromatic heterocycles. The van der Waals surface area contributed by atoms with Gasteiger partial charge in [-0.3, -0.25) is 0 Å². The number of rotatable bonds is 7. The minimum atomic E-state index is -0.123. The van der Waals surface area contributed by atoms with E-state index >= 15 is 0 Å². The molecule has 0 aliphatic carbocycles. The number of imidazole rings is 1. The average Bonchev–Trinajstić information content (AvgIpc) is 3.14. The van der Waals surface area contributed by atoms with E-state index < -0.39 is 0 Å². The second-order valence-corrected chi connectivity index (χ2v) is 6.67. The number of nitrogen functional groups attached to an aromatic ring is 1. The molecule has 1 unspecified atom stereocenters.